The standard InChI is InChI=1S/2C12H11P.2CH3.Ni/c2*1-3-7-11(8-4-1)13-12-9-5-2-6-10-12;;;/h2*1-10,13H;2*1H3;/q;;2*-1;+2. The van der Waals surface area contributed by atoms with Crippen molar-refractivity contribution in [2.24, 2.45) is 0 Å². The smallest absolute Gasteiger partial charge is 0.358 e. The minimum Gasteiger partial charge on any atom is -0.358 e. The van der Waals surface area contributed by atoms with Gasteiger partial charge in [0, 0.05) is 0 Å². The molecule has 4 aromatic rings. The second-order valence-electron chi connectivity index (χ2n) is 5.71. The molecule has 0 bridgehead atoms. The first-order valence-electron chi connectivity index (χ1n) is 8.64. The molecule has 0 aromatic heterocycles. The first-order valence-corrected chi connectivity index (χ1v) is 10.6. The van der Waals surface area contributed by atoms with E-state index < -0.39 is 0 Å². The number of rotatable bonds is 4. The quantitative estimate of drug-likeness (QED) is 0.213. The number of hydrogen-bond acceptors (Lipinski definition) is 0. The summed E-state index contributed by atoms with van der Waals surface area (Å²) in [6.07, 6.45) is 0. The summed E-state index contributed by atoms with van der Waals surface area (Å²) in [7, 11) is 1.55. The Labute approximate surface area is 190 Å². The molecule has 0 amide bonds. The molecule has 0 nitrogen and oxygen atoms in total. The van der Waals surface area contributed by atoms with Crippen LogP contribution in [0.25, 0.3) is 0 Å². The van der Waals surface area contributed by atoms with Crippen LogP contribution in [0.5, 0.6) is 0 Å². The van der Waals surface area contributed by atoms with Gasteiger partial charge in [0.25, 0.3) is 0 Å². The molecule has 4 rings (SSSR count). The van der Waals surface area contributed by atoms with E-state index in [4.69, 9.17) is 0 Å². The van der Waals surface area contributed by atoms with E-state index in [0.29, 0.717) is 0 Å². The van der Waals surface area contributed by atoms with E-state index in [0.717, 1.165) is 17.2 Å². The topological polar surface area (TPSA) is 0 Å². The maximum absolute atomic E-state index is 2.17. The van der Waals surface area contributed by atoms with Crippen LogP contribution in [0.15, 0.2) is 121 Å². The zero-order valence-corrected chi connectivity index (χ0v) is 19.9. The van der Waals surface area contributed by atoms with Crippen molar-refractivity contribution in [1.82, 2.24) is 0 Å². The molecule has 29 heavy (non-hydrogen) atoms. The SMILES string of the molecule is [CH3-].[CH3-].[Ni+2].c1ccc(Pc2ccccc2)cc1.c1ccc(Pc2ccccc2)cc1. The summed E-state index contributed by atoms with van der Waals surface area (Å²) < 4.78 is 0. The Morgan fingerprint density at radius 3 is 0.655 bits per heavy atom. The molecule has 0 fully saturated rings. The van der Waals surface area contributed by atoms with Crippen molar-refractivity contribution in [3.05, 3.63) is 136 Å². The Balaban J connectivity index is 0.000000490. The zero-order chi connectivity index (χ0) is 17.9. The third kappa shape index (κ3) is 10.5. The second-order valence-corrected chi connectivity index (χ2v) is 8.52. The maximum atomic E-state index is 2.17. The third-order valence-corrected chi connectivity index (χ3v) is 6.16. The Morgan fingerprint density at radius 1 is 0.310 bits per heavy atom. The first-order chi connectivity index (χ1) is 12.9. The van der Waals surface area contributed by atoms with Crippen molar-refractivity contribution in [2.45, 2.75) is 0 Å². The molecule has 0 aliphatic rings. The zero-order valence-electron chi connectivity index (χ0n) is 16.9. The summed E-state index contributed by atoms with van der Waals surface area (Å²) in [6.45, 7) is 0. The summed E-state index contributed by atoms with van der Waals surface area (Å²) in [5.74, 6) is 0. The van der Waals surface area contributed by atoms with Crippen LogP contribution in [0.3, 0.4) is 0 Å². The molecule has 0 aliphatic heterocycles. The van der Waals surface area contributed by atoms with E-state index in [1.807, 2.05) is 0 Å². The van der Waals surface area contributed by atoms with E-state index in [-0.39, 0.29) is 31.3 Å². The van der Waals surface area contributed by atoms with E-state index >= 15 is 0 Å². The van der Waals surface area contributed by atoms with Crippen LogP contribution < -0.4 is 21.2 Å². The largest absolute Gasteiger partial charge is 2.00 e. The molecule has 0 aliphatic carbocycles. The van der Waals surface area contributed by atoms with E-state index in [1.165, 1.54) is 21.2 Å². The normalized spacial score (nSPS) is 8.83. The predicted octanol–water partition coefficient (Wildman–Crippen LogP) is 5.53. The molecule has 0 saturated heterocycles. The fourth-order valence-electron chi connectivity index (χ4n) is 2.42. The van der Waals surface area contributed by atoms with Crippen LogP contribution in [0.2, 0.25) is 0 Å². The summed E-state index contributed by atoms with van der Waals surface area (Å²) in [6, 6.07) is 42.3. The maximum Gasteiger partial charge on any atom is 2.00 e. The number of benzene rings is 4. The van der Waals surface area contributed by atoms with E-state index in [2.05, 4.69) is 121 Å². The van der Waals surface area contributed by atoms with Gasteiger partial charge in [0.1, 0.15) is 0 Å². The molecule has 0 saturated carbocycles. The molecule has 0 radical (unpaired) electrons. The van der Waals surface area contributed by atoms with Gasteiger partial charge in [-0.25, -0.2) is 0 Å². The predicted molar refractivity (Wildman–Crippen MR) is 134 cm³/mol. The van der Waals surface area contributed by atoms with Crippen LogP contribution in [-0.4, -0.2) is 0 Å². The summed E-state index contributed by atoms with van der Waals surface area (Å²) in [5.41, 5.74) is 0. The monoisotopic (exact) mass is 460 g/mol. The molecule has 0 spiro atoms. The van der Waals surface area contributed by atoms with Crippen molar-refractivity contribution in [3.8, 4) is 0 Å². The molecular weight excluding hydrogens is 433 g/mol. The first kappa shape index (κ1) is 27.2. The molecule has 4 aromatic carbocycles. The average molecular weight is 461 g/mol. The summed E-state index contributed by atoms with van der Waals surface area (Å²) in [4.78, 5) is 0. The van der Waals surface area contributed by atoms with Crippen LogP contribution in [-0.2, 0) is 16.5 Å². The van der Waals surface area contributed by atoms with Gasteiger partial charge < -0.3 is 14.9 Å². The van der Waals surface area contributed by atoms with Crippen LogP contribution in [0.1, 0.15) is 0 Å². The van der Waals surface area contributed by atoms with Gasteiger partial charge in [0.2, 0.25) is 0 Å². The van der Waals surface area contributed by atoms with E-state index in [1.54, 1.807) is 0 Å². The molecular formula is C26H28NiP2. The van der Waals surface area contributed by atoms with Gasteiger partial charge in [-0.3, -0.25) is 0 Å². The van der Waals surface area contributed by atoms with Crippen molar-refractivity contribution in [2.75, 3.05) is 0 Å². The van der Waals surface area contributed by atoms with Crippen molar-refractivity contribution < 1.29 is 16.5 Å². The van der Waals surface area contributed by atoms with Gasteiger partial charge in [-0.05, 0) is 21.2 Å². The van der Waals surface area contributed by atoms with Gasteiger partial charge >= 0.3 is 16.5 Å². The van der Waals surface area contributed by atoms with Crippen LogP contribution in [0.4, 0.5) is 0 Å². The Kier molecular flexibility index (Phi) is 15.1. The fraction of sp³-hybridized carbons (Fsp3) is 0. The van der Waals surface area contributed by atoms with Crippen LogP contribution in [0, 0.1) is 14.9 Å². The molecule has 0 heterocycles. The molecule has 0 atom stereocenters. The minimum atomic E-state index is 0. The third-order valence-electron chi connectivity index (χ3n) is 3.67. The van der Waals surface area contributed by atoms with Gasteiger partial charge in [-0.15, -0.1) is 0 Å². The van der Waals surface area contributed by atoms with Gasteiger partial charge in [-0.1, -0.05) is 138 Å². The summed E-state index contributed by atoms with van der Waals surface area (Å²) >= 11 is 0. The Hall–Kier alpha value is -1.77. The molecule has 0 unspecified atom stereocenters. The Morgan fingerprint density at radius 2 is 0.483 bits per heavy atom. The average Bonchev–Trinajstić information content (AvgIpc) is 2.72. The van der Waals surface area contributed by atoms with Gasteiger partial charge in [0.15, 0.2) is 0 Å². The molecule has 0 N–H and O–H groups in total. The Bertz CT molecular complexity index is 715. The fourth-order valence-corrected chi connectivity index (χ4v) is 4.52. The van der Waals surface area contributed by atoms with Crippen LogP contribution >= 0.6 is 17.2 Å². The van der Waals surface area contributed by atoms with Crippen molar-refractivity contribution >= 4 is 38.4 Å². The minimum absolute atomic E-state index is 0. The van der Waals surface area contributed by atoms with Crippen molar-refractivity contribution in [1.29, 1.82) is 0 Å². The van der Waals surface area contributed by atoms with Gasteiger partial charge in [0.05, 0.1) is 0 Å². The number of hydrogen-bond donors (Lipinski definition) is 0. The summed E-state index contributed by atoms with van der Waals surface area (Å²) in [5, 5.41) is 5.59. The molecule has 152 valence electrons. The van der Waals surface area contributed by atoms with E-state index in [9.17, 15) is 0 Å². The molecule has 3 heteroatoms. The van der Waals surface area contributed by atoms with Gasteiger partial charge in [-0.2, -0.15) is 0 Å². The second kappa shape index (κ2) is 16.1. The van der Waals surface area contributed by atoms with Crippen molar-refractivity contribution in [3.63, 3.8) is 0 Å².